The predicted molar refractivity (Wildman–Crippen MR) is 104 cm³/mol. The molecule has 3 aromatic carbocycles. The molecule has 3 heteroatoms. The number of nitrogens with zero attached hydrogens (tertiary/aromatic N) is 1. The Morgan fingerprint density at radius 1 is 0.792 bits per heavy atom. The van der Waals surface area contributed by atoms with Crippen molar-refractivity contribution in [3.05, 3.63) is 72.3 Å². The predicted octanol–water partition coefficient (Wildman–Crippen LogP) is 5.21. The summed E-state index contributed by atoms with van der Waals surface area (Å²) in [5, 5.41) is 3.66. The highest BCUT2D eigenvalue weighted by atomic mass is 32.2. The molecule has 0 amide bonds. The second-order valence-electron chi connectivity index (χ2n) is 6.32. The summed E-state index contributed by atoms with van der Waals surface area (Å²) in [7, 11) is 4.10. The van der Waals surface area contributed by atoms with Crippen molar-refractivity contribution in [2.45, 2.75) is 21.6 Å². The molecule has 4 rings (SSSR count). The highest BCUT2D eigenvalue weighted by Crippen LogP contribution is 2.45. The van der Waals surface area contributed by atoms with Crippen LogP contribution in [0.4, 0.5) is 17.1 Å². The molecule has 1 atom stereocenters. The van der Waals surface area contributed by atoms with Crippen LogP contribution in [-0.2, 0) is 10.9 Å². The molecule has 0 aliphatic carbocycles. The fraction of sp³-hybridized carbons (Fsp3) is 0.143. The van der Waals surface area contributed by atoms with E-state index in [-0.39, 0.29) is 10.9 Å². The average molecular weight is 333 g/mol. The summed E-state index contributed by atoms with van der Waals surface area (Å²) < 4.78 is 0. The molecule has 0 fully saturated rings. The minimum absolute atomic E-state index is 0.0687. The van der Waals surface area contributed by atoms with Gasteiger partial charge in [0.2, 0.25) is 0 Å². The monoisotopic (exact) mass is 333 g/mol. The molecule has 1 aliphatic rings. The standard InChI is InChI=1S/C21H21N2S/c1-15-9-11-20-18(13-15)22-19-14-16(23(2)3)10-12-21(19)24(20)17-7-5-4-6-8-17/h4-14,22H,1-3H3/q+1. The number of rotatable bonds is 2. The molecular weight excluding hydrogens is 312 g/mol. The molecular formula is C21H21N2S+. The zero-order valence-electron chi connectivity index (χ0n) is 14.2. The van der Waals surface area contributed by atoms with Crippen LogP contribution in [0.5, 0.6) is 0 Å². The Hall–Kier alpha value is -2.39. The van der Waals surface area contributed by atoms with Crippen molar-refractivity contribution in [2.75, 3.05) is 24.3 Å². The van der Waals surface area contributed by atoms with E-state index in [1.165, 1.54) is 37.3 Å². The van der Waals surface area contributed by atoms with Crippen LogP contribution < -0.4 is 10.2 Å². The Balaban J connectivity index is 1.93. The summed E-state index contributed by atoms with van der Waals surface area (Å²) in [6, 6.07) is 24.3. The SMILES string of the molecule is Cc1ccc2c(c1)Nc1cc(N(C)C)ccc1[S+]2c1ccccc1. The number of aryl methyl sites for hydroxylation is 1. The molecule has 0 saturated heterocycles. The van der Waals surface area contributed by atoms with Crippen LogP contribution in [-0.4, -0.2) is 14.1 Å². The quantitative estimate of drug-likeness (QED) is 0.506. The van der Waals surface area contributed by atoms with Gasteiger partial charge in [-0.1, -0.05) is 24.3 Å². The van der Waals surface area contributed by atoms with Gasteiger partial charge in [-0.3, -0.25) is 0 Å². The van der Waals surface area contributed by atoms with Crippen molar-refractivity contribution in [1.82, 2.24) is 0 Å². The molecule has 24 heavy (non-hydrogen) atoms. The molecule has 0 spiro atoms. The van der Waals surface area contributed by atoms with Crippen LogP contribution in [0.1, 0.15) is 5.56 Å². The van der Waals surface area contributed by atoms with E-state index in [2.05, 4.69) is 98.0 Å². The summed E-state index contributed by atoms with van der Waals surface area (Å²) in [6.07, 6.45) is 0. The van der Waals surface area contributed by atoms with Crippen molar-refractivity contribution >= 4 is 28.0 Å². The average Bonchev–Trinajstić information content (AvgIpc) is 2.59. The molecule has 0 aromatic heterocycles. The first-order valence-electron chi connectivity index (χ1n) is 8.12. The number of hydrogen-bond donors (Lipinski definition) is 1. The summed E-state index contributed by atoms with van der Waals surface area (Å²) in [5.41, 5.74) is 4.94. The van der Waals surface area contributed by atoms with E-state index in [0.29, 0.717) is 0 Å². The van der Waals surface area contributed by atoms with Gasteiger partial charge in [0.25, 0.3) is 0 Å². The third-order valence-electron chi connectivity index (χ3n) is 4.30. The van der Waals surface area contributed by atoms with Crippen molar-refractivity contribution in [3.8, 4) is 0 Å². The lowest BCUT2D eigenvalue weighted by Gasteiger charge is -2.23. The molecule has 2 nitrogen and oxygen atoms in total. The maximum Gasteiger partial charge on any atom is 0.190 e. The highest BCUT2D eigenvalue weighted by molar-refractivity contribution is 7.97. The second-order valence-corrected chi connectivity index (χ2v) is 8.28. The van der Waals surface area contributed by atoms with Gasteiger partial charge in [0.05, 0.1) is 11.4 Å². The van der Waals surface area contributed by atoms with E-state index in [9.17, 15) is 0 Å². The van der Waals surface area contributed by atoms with Gasteiger partial charge in [0.15, 0.2) is 14.7 Å². The van der Waals surface area contributed by atoms with Crippen molar-refractivity contribution < 1.29 is 0 Å². The van der Waals surface area contributed by atoms with E-state index in [1.54, 1.807) is 0 Å². The Kier molecular flexibility index (Phi) is 3.73. The summed E-state index contributed by atoms with van der Waals surface area (Å²) in [6.45, 7) is 2.15. The van der Waals surface area contributed by atoms with Gasteiger partial charge in [0.1, 0.15) is 10.9 Å². The normalized spacial score (nSPS) is 15.2. The van der Waals surface area contributed by atoms with Gasteiger partial charge in [-0.25, -0.2) is 0 Å². The Bertz CT molecular complexity index is 888. The van der Waals surface area contributed by atoms with Crippen LogP contribution in [0, 0.1) is 6.92 Å². The number of anilines is 3. The first kappa shape index (κ1) is 15.2. The van der Waals surface area contributed by atoms with Gasteiger partial charge in [-0.15, -0.1) is 0 Å². The van der Waals surface area contributed by atoms with Gasteiger partial charge in [-0.05, 0) is 55.0 Å². The molecule has 3 aromatic rings. The summed E-state index contributed by atoms with van der Waals surface area (Å²) >= 11 is 0. The number of nitrogens with one attached hydrogen (secondary N) is 1. The summed E-state index contributed by atoms with van der Waals surface area (Å²) in [5.74, 6) is 0. The molecule has 1 heterocycles. The Morgan fingerprint density at radius 3 is 2.17 bits per heavy atom. The Morgan fingerprint density at radius 2 is 1.46 bits per heavy atom. The maximum atomic E-state index is 3.66. The lowest BCUT2D eigenvalue weighted by Crippen LogP contribution is -2.16. The molecule has 1 N–H and O–H groups in total. The fourth-order valence-electron chi connectivity index (χ4n) is 3.07. The number of benzene rings is 3. The van der Waals surface area contributed by atoms with Crippen molar-refractivity contribution in [1.29, 1.82) is 0 Å². The van der Waals surface area contributed by atoms with E-state index < -0.39 is 0 Å². The van der Waals surface area contributed by atoms with Crippen LogP contribution in [0.3, 0.4) is 0 Å². The molecule has 0 bridgehead atoms. The van der Waals surface area contributed by atoms with Crippen LogP contribution in [0.25, 0.3) is 0 Å². The molecule has 120 valence electrons. The van der Waals surface area contributed by atoms with E-state index in [4.69, 9.17) is 0 Å². The van der Waals surface area contributed by atoms with Crippen molar-refractivity contribution in [3.63, 3.8) is 0 Å². The minimum atomic E-state index is -0.0687. The zero-order valence-corrected chi connectivity index (χ0v) is 15.0. The topological polar surface area (TPSA) is 15.3 Å². The van der Waals surface area contributed by atoms with Crippen LogP contribution in [0.2, 0.25) is 0 Å². The van der Waals surface area contributed by atoms with Crippen molar-refractivity contribution in [2.24, 2.45) is 0 Å². The molecule has 0 radical (unpaired) electrons. The van der Waals surface area contributed by atoms with E-state index >= 15 is 0 Å². The van der Waals surface area contributed by atoms with Gasteiger partial charge < -0.3 is 10.2 Å². The summed E-state index contributed by atoms with van der Waals surface area (Å²) in [4.78, 5) is 6.25. The maximum absolute atomic E-state index is 3.66. The third-order valence-corrected chi connectivity index (χ3v) is 6.64. The van der Waals surface area contributed by atoms with Crippen LogP contribution in [0.15, 0.2) is 81.4 Å². The largest absolute Gasteiger partial charge is 0.378 e. The first-order valence-corrected chi connectivity index (χ1v) is 9.34. The van der Waals surface area contributed by atoms with Gasteiger partial charge >= 0.3 is 0 Å². The molecule has 0 saturated carbocycles. The number of fused-ring (bicyclic) bond motifs is 2. The molecule has 1 unspecified atom stereocenters. The third kappa shape index (κ3) is 2.55. The highest BCUT2D eigenvalue weighted by Gasteiger charge is 2.37. The smallest absolute Gasteiger partial charge is 0.190 e. The van der Waals surface area contributed by atoms with Gasteiger partial charge in [0, 0.05) is 19.8 Å². The zero-order chi connectivity index (χ0) is 16.7. The minimum Gasteiger partial charge on any atom is -0.378 e. The second kappa shape index (κ2) is 5.91. The van der Waals surface area contributed by atoms with E-state index in [1.807, 2.05) is 0 Å². The fourth-order valence-corrected chi connectivity index (χ4v) is 5.31. The lowest BCUT2D eigenvalue weighted by molar-refractivity contribution is 1.12. The Labute approximate surface area is 146 Å². The molecule has 1 aliphatic heterocycles. The van der Waals surface area contributed by atoms with Gasteiger partial charge in [-0.2, -0.15) is 0 Å². The number of hydrogen-bond acceptors (Lipinski definition) is 2. The lowest BCUT2D eigenvalue weighted by atomic mass is 10.2. The first-order chi connectivity index (χ1) is 11.6. The van der Waals surface area contributed by atoms with E-state index in [0.717, 1.165) is 0 Å². The van der Waals surface area contributed by atoms with Crippen LogP contribution >= 0.6 is 0 Å².